The zero-order valence-corrected chi connectivity index (χ0v) is 13.7. The predicted molar refractivity (Wildman–Crippen MR) is 86.1 cm³/mol. The number of halogens is 1. The largest absolute Gasteiger partial charge is 0.496 e. The van der Waals surface area contributed by atoms with Crippen LogP contribution in [-0.2, 0) is 0 Å². The lowest BCUT2D eigenvalue weighted by Crippen LogP contribution is -2.34. The second kappa shape index (κ2) is 6.50. The van der Waals surface area contributed by atoms with Crippen LogP contribution in [0.5, 0.6) is 5.75 Å². The molecule has 0 saturated carbocycles. The highest BCUT2D eigenvalue weighted by Gasteiger charge is 2.27. The molecule has 0 saturated heterocycles. The zero-order chi connectivity index (χ0) is 15.6. The van der Waals surface area contributed by atoms with Crippen molar-refractivity contribution in [1.29, 1.82) is 0 Å². The van der Waals surface area contributed by atoms with Crippen molar-refractivity contribution in [3.63, 3.8) is 0 Å². The first-order valence-electron chi connectivity index (χ1n) is 7.10. The van der Waals surface area contributed by atoms with Crippen molar-refractivity contribution < 1.29 is 4.74 Å². The number of aryl methyl sites for hydroxylation is 1. The second-order valence-electron chi connectivity index (χ2n) is 5.19. The van der Waals surface area contributed by atoms with Gasteiger partial charge in [-0.2, -0.15) is 5.10 Å². The van der Waals surface area contributed by atoms with Crippen molar-refractivity contribution >= 4 is 11.6 Å². The molecule has 1 aromatic carbocycles. The summed E-state index contributed by atoms with van der Waals surface area (Å²) in [4.78, 5) is 0. The molecule has 5 heteroatoms. The van der Waals surface area contributed by atoms with Crippen LogP contribution >= 0.6 is 11.6 Å². The van der Waals surface area contributed by atoms with Crippen LogP contribution < -0.4 is 10.5 Å². The molecule has 2 aromatic rings. The third-order valence-corrected chi connectivity index (χ3v) is 4.38. The lowest BCUT2D eigenvalue weighted by Gasteiger charge is -2.26. The predicted octanol–water partition coefficient (Wildman–Crippen LogP) is 3.49. The normalized spacial score (nSPS) is 14.0. The van der Waals surface area contributed by atoms with Crippen LogP contribution in [-0.4, -0.2) is 22.9 Å². The van der Waals surface area contributed by atoms with E-state index in [1.807, 2.05) is 42.8 Å². The summed E-state index contributed by atoms with van der Waals surface area (Å²) in [5.74, 6) is 0.815. The molecule has 114 valence electrons. The quantitative estimate of drug-likeness (QED) is 0.920. The Bertz CT molecular complexity index is 624. The number of aromatic nitrogens is 2. The summed E-state index contributed by atoms with van der Waals surface area (Å²) in [6.07, 6.45) is 0.832. The third-order valence-electron chi connectivity index (χ3n) is 3.83. The summed E-state index contributed by atoms with van der Waals surface area (Å²) in [6.45, 7) is 5.94. The average molecular weight is 308 g/mol. The molecular weight excluding hydrogens is 286 g/mol. The van der Waals surface area contributed by atoms with Gasteiger partial charge in [0.05, 0.1) is 29.6 Å². The topological polar surface area (TPSA) is 53.1 Å². The highest BCUT2D eigenvalue weighted by atomic mass is 35.5. The Kier molecular flexibility index (Phi) is 4.91. The van der Waals surface area contributed by atoms with Gasteiger partial charge in [-0.05, 0) is 26.3 Å². The molecule has 0 aliphatic rings. The molecule has 0 fully saturated rings. The molecule has 1 heterocycles. The van der Waals surface area contributed by atoms with E-state index < -0.39 is 0 Å². The van der Waals surface area contributed by atoms with Gasteiger partial charge in [-0.15, -0.1) is 0 Å². The van der Waals surface area contributed by atoms with Gasteiger partial charge < -0.3 is 10.5 Å². The summed E-state index contributed by atoms with van der Waals surface area (Å²) in [5.41, 5.74) is 9.14. The van der Waals surface area contributed by atoms with E-state index in [1.54, 1.807) is 7.11 Å². The maximum Gasteiger partial charge on any atom is 0.124 e. The van der Waals surface area contributed by atoms with E-state index in [0.29, 0.717) is 5.02 Å². The van der Waals surface area contributed by atoms with Crippen LogP contribution in [0.15, 0.2) is 24.3 Å². The molecule has 2 unspecified atom stereocenters. The molecule has 2 N–H and O–H groups in total. The van der Waals surface area contributed by atoms with E-state index in [9.17, 15) is 0 Å². The number of ether oxygens (including phenoxy) is 1. The highest BCUT2D eigenvalue weighted by molar-refractivity contribution is 6.31. The molecular formula is C16H22ClN3O. The molecule has 4 nitrogen and oxygen atoms in total. The van der Waals surface area contributed by atoms with Crippen molar-refractivity contribution in [2.45, 2.75) is 39.3 Å². The minimum Gasteiger partial charge on any atom is -0.496 e. The summed E-state index contributed by atoms with van der Waals surface area (Å²) in [6, 6.07) is 7.74. The molecule has 0 spiro atoms. The van der Waals surface area contributed by atoms with Gasteiger partial charge >= 0.3 is 0 Å². The van der Waals surface area contributed by atoms with Crippen LogP contribution in [0.25, 0.3) is 0 Å². The Balaban J connectivity index is 2.61. The van der Waals surface area contributed by atoms with Crippen LogP contribution in [0.1, 0.15) is 36.3 Å². The summed E-state index contributed by atoms with van der Waals surface area (Å²) < 4.78 is 7.41. The van der Waals surface area contributed by atoms with Gasteiger partial charge in [0.2, 0.25) is 0 Å². The first-order valence-corrected chi connectivity index (χ1v) is 7.48. The van der Waals surface area contributed by atoms with E-state index in [1.165, 1.54) is 0 Å². The van der Waals surface area contributed by atoms with Crippen LogP contribution in [0.3, 0.4) is 0 Å². The SMILES string of the molecule is CCC(N)C(c1ccccc1OC)n1nc(C)c(Cl)c1C. The van der Waals surface area contributed by atoms with E-state index >= 15 is 0 Å². The summed E-state index contributed by atoms with van der Waals surface area (Å²) >= 11 is 6.30. The van der Waals surface area contributed by atoms with Gasteiger partial charge in [0.1, 0.15) is 5.75 Å². The van der Waals surface area contributed by atoms with Gasteiger partial charge in [-0.1, -0.05) is 36.7 Å². The molecule has 0 amide bonds. The Morgan fingerprint density at radius 1 is 1.33 bits per heavy atom. The van der Waals surface area contributed by atoms with E-state index in [-0.39, 0.29) is 12.1 Å². The Hall–Kier alpha value is -1.52. The molecule has 0 aliphatic heterocycles. The van der Waals surface area contributed by atoms with Crippen molar-refractivity contribution in [1.82, 2.24) is 9.78 Å². The zero-order valence-electron chi connectivity index (χ0n) is 12.9. The first-order chi connectivity index (χ1) is 10.0. The van der Waals surface area contributed by atoms with Crippen molar-refractivity contribution in [2.24, 2.45) is 5.73 Å². The van der Waals surface area contributed by atoms with Crippen LogP contribution in [0, 0.1) is 13.8 Å². The Morgan fingerprint density at radius 2 is 2.00 bits per heavy atom. The standard InChI is InChI=1S/C16H22ClN3O/c1-5-13(18)16(12-8-6-7-9-14(12)21-4)20-11(3)15(17)10(2)19-20/h6-9,13,16H,5,18H2,1-4H3. The van der Waals surface area contributed by atoms with Crippen LogP contribution in [0.2, 0.25) is 5.02 Å². The van der Waals surface area contributed by atoms with E-state index in [2.05, 4.69) is 12.0 Å². The summed E-state index contributed by atoms with van der Waals surface area (Å²) in [7, 11) is 1.67. The Morgan fingerprint density at radius 3 is 2.52 bits per heavy atom. The molecule has 0 aliphatic carbocycles. The minimum absolute atomic E-state index is 0.0737. The lowest BCUT2D eigenvalue weighted by molar-refractivity contribution is 0.373. The highest BCUT2D eigenvalue weighted by Crippen LogP contribution is 2.33. The fourth-order valence-corrected chi connectivity index (χ4v) is 2.72. The second-order valence-corrected chi connectivity index (χ2v) is 5.57. The maximum atomic E-state index is 6.37. The third kappa shape index (κ3) is 2.92. The Labute approximate surface area is 130 Å². The average Bonchev–Trinajstić information content (AvgIpc) is 2.75. The van der Waals surface area contributed by atoms with Gasteiger partial charge in [0, 0.05) is 11.6 Å². The monoisotopic (exact) mass is 307 g/mol. The number of hydrogen-bond acceptors (Lipinski definition) is 3. The summed E-state index contributed by atoms with van der Waals surface area (Å²) in [5, 5.41) is 5.27. The number of nitrogens with two attached hydrogens (primary N) is 1. The van der Waals surface area contributed by atoms with E-state index in [0.717, 1.165) is 29.1 Å². The number of hydrogen-bond donors (Lipinski definition) is 1. The molecule has 21 heavy (non-hydrogen) atoms. The van der Waals surface area contributed by atoms with Crippen molar-refractivity contribution in [3.05, 3.63) is 46.2 Å². The number of methoxy groups -OCH3 is 1. The molecule has 0 bridgehead atoms. The maximum absolute atomic E-state index is 6.37. The number of rotatable bonds is 5. The fraction of sp³-hybridized carbons (Fsp3) is 0.438. The molecule has 2 atom stereocenters. The van der Waals surface area contributed by atoms with Gasteiger partial charge in [0.25, 0.3) is 0 Å². The number of para-hydroxylation sites is 1. The smallest absolute Gasteiger partial charge is 0.124 e. The van der Waals surface area contributed by atoms with Gasteiger partial charge in [-0.3, -0.25) is 4.68 Å². The van der Waals surface area contributed by atoms with Gasteiger partial charge in [-0.25, -0.2) is 0 Å². The first kappa shape index (κ1) is 15.9. The number of benzene rings is 1. The fourth-order valence-electron chi connectivity index (χ4n) is 2.59. The molecule has 1 aromatic heterocycles. The van der Waals surface area contributed by atoms with Crippen LogP contribution in [0.4, 0.5) is 0 Å². The number of nitrogens with zero attached hydrogens (tertiary/aromatic N) is 2. The van der Waals surface area contributed by atoms with E-state index in [4.69, 9.17) is 22.1 Å². The minimum atomic E-state index is -0.0997. The molecule has 0 radical (unpaired) electrons. The van der Waals surface area contributed by atoms with Crippen molar-refractivity contribution in [2.75, 3.05) is 7.11 Å². The van der Waals surface area contributed by atoms with Crippen molar-refractivity contribution in [3.8, 4) is 5.75 Å². The molecule has 2 rings (SSSR count). The lowest BCUT2D eigenvalue weighted by atomic mass is 9.97. The van der Waals surface area contributed by atoms with Gasteiger partial charge in [0.15, 0.2) is 0 Å².